The first-order valence-electron chi connectivity index (χ1n) is 7.45. The normalized spacial score (nSPS) is 34.9. The number of hydrogen-bond acceptors (Lipinski definition) is 2. The Bertz CT molecular complexity index is 241. The van der Waals surface area contributed by atoms with E-state index in [0.717, 1.165) is 25.2 Å². The van der Waals surface area contributed by atoms with Gasteiger partial charge in [0.15, 0.2) is 0 Å². The van der Waals surface area contributed by atoms with E-state index in [2.05, 4.69) is 6.92 Å². The van der Waals surface area contributed by atoms with Crippen molar-refractivity contribution in [1.82, 2.24) is 0 Å². The third-order valence-corrected chi connectivity index (χ3v) is 4.31. The van der Waals surface area contributed by atoms with Crippen LogP contribution in [-0.4, -0.2) is 18.0 Å². The van der Waals surface area contributed by atoms with Crippen molar-refractivity contribution in [2.24, 2.45) is 5.92 Å². The Morgan fingerprint density at radius 3 is 2.53 bits per heavy atom. The molecule has 0 aromatic rings. The molecule has 2 rings (SSSR count). The number of Topliss-reactive ketones (excluding diaryl/α,β-unsaturated/α-hetero) is 1. The SMILES string of the molecule is CCCC1CCC(OC2CCCC(=O)C2)CC1. The maximum Gasteiger partial charge on any atom is 0.135 e. The molecule has 2 heteroatoms. The summed E-state index contributed by atoms with van der Waals surface area (Å²) in [6.45, 7) is 2.27. The lowest BCUT2D eigenvalue weighted by atomic mass is 9.84. The number of ketones is 1. The van der Waals surface area contributed by atoms with Gasteiger partial charge in [-0.05, 0) is 44.4 Å². The summed E-state index contributed by atoms with van der Waals surface area (Å²) in [5.74, 6) is 1.34. The first kappa shape index (κ1) is 13.1. The zero-order valence-corrected chi connectivity index (χ0v) is 11.1. The summed E-state index contributed by atoms with van der Waals surface area (Å²) >= 11 is 0. The molecule has 98 valence electrons. The minimum Gasteiger partial charge on any atom is -0.375 e. The number of carbonyl (C=O) groups is 1. The van der Waals surface area contributed by atoms with Gasteiger partial charge in [0.2, 0.25) is 0 Å². The Labute approximate surface area is 105 Å². The fourth-order valence-electron chi connectivity index (χ4n) is 3.34. The van der Waals surface area contributed by atoms with E-state index < -0.39 is 0 Å². The molecule has 0 N–H and O–H groups in total. The Morgan fingerprint density at radius 2 is 1.88 bits per heavy atom. The zero-order chi connectivity index (χ0) is 12.1. The van der Waals surface area contributed by atoms with Crippen molar-refractivity contribution >= 4 is 5.78 Å². The zero-order valence-electron chi connectivity index (χ0n) is 11.1. The van der Waals surface area contributed by atoms with Crippen LogP contribution < -0.4 is 0 Å². The van der Waals surface area contributed by atoms with Crippen molar-refractivity contribution in [3.05, 3.63) is 0 Å². The Hall–Kier alpha value is -0.370. The van der Waals surface area contributed by atoms with Crippen LogP contribution in [0.15, 0.2) is 0 Å². The molecule has 1 atom stereocenters. The fourth-order valence-corrected chi connectivity index (χ4v) is 3.34. The van der Waals surface area contributed by atoms with Gasteiger partial charge in [0.05, 0.1) is 12.2 Å². The molecule has 2 aliphatic carbocycles. The van der Waals surface area contributed by atoms with Crippen molar-refractivity contribution in [1.29, 1.82) is 0 Å². The number of carbonyl (C=O) groups excluding carboxylic acids is 1. The maximum absolute atomic E-state index is 11.4. The minimum atomic E-state index is 0.240. The molecular weight excluding hydrogens is 212 g/mol. The second-order valence-electron chi connectivity index (χ2n) is 5.82. The van der Waals surface area contributed by atoms with Gasteiger partial charge in [-0.25, -0.2) is 0 Å². The van der Waals surface area contributed by atoms with Gasteiger partial charge in [0, 0.05) is 12.8 Å². The van der Waals surface area contributed by atoms with E-state index >= 15 is 0 Å². The van der Waals surface area contributed by atoms with E-state index in [0.29, 0.717) is 18.3 Å². The van der Waals surface area contributed by atoms with Crippen LogP contribution in [0, 0.1) is 5.92 Å². The average Bonchev–Trinajstić information content (AvgIpc) is 2.32. The molecule has 0 amide bonds. The number of ether oxygens (including phenoxy) is 1. The van der Waals surface area contributed by atoms with Gasteiger partial charge in [-0.2, -0.15) is 0 Å². The molecule has 17 heavy (non-hydrogen) atoms. The van der Waals surface area contributed by atoms with Gasteiger partial charge in [0.25, 0.3) is 0 Å². The molecule has 1 unspecified atom stereocenters. The van der Waals surface area contributed by atoms with Crippen LogP contribution in [0.25, 0.3) is 0 Å². The molecule has 2 nitrogen and oxygen atoms in total. The van der Waals surface area contributed by atoms with Crippen molar-refractivity contribution < 1.29 is 9.53 Å². The van der Waals surface area contributed by atoms with Gasteiger partial charge >= 0.3 is 0 Å². The highest BCUT2D eigenvalue weighted by Gasteiger charge is 2.26. The molecule has 0 aromatic carbocycles. The highest BCUT2D eigenvalue weighted by Crippen LogP contribution is 2.31. The summed E-state index contributed by atoms with van der Waals surface area (Å²) in [5.41, 5.74) is 0. The van der Waals surface area contributed by atoms with Crippen molar-refractivity contribution in [3.8, 4) is 0 Å². The van der Waals surface area contributed by atoms with Crippen LogP contribution >= 0.6 is 0 Å². The van der Waals surface area contributed by atoms with Crippen LogP contribution in [-0.2, 0) is 9.53 Å². The lowest BCUT2D eigenvalue weighted by molar-refractivity contribution is -0.127. The summed E-state index contributed by atoms with van der Waals surface area (Å²) < 4.78 is 6.11. The van der Waals surface area contributed by atoms with Gasteiger partial charge in [0.1, 0.15) is 5.78 Å². The molecule has 2 aliphatic rings. The van der Waals surface area contributed by atoms with Crippen LogP contribution in [0.1, 0.15) is 71.1 Å². The summed E-state index contributed by atoms with van der Waals surface area (Å²) in [5, 5.41) is 0. The molecular formula is C15H26O2. The molecule has 0 radical (unpaired) electrons. The Balaban J connectivity index is 1.68. The predicted octanol–water partition coefficient (Wildman–Crippen LogP) is 3.87. The average molecular weight is 238 g/mol. The highest BCUT2D eigenvalue weighted by atomic mass is 16.5. The second-order valence-corrected chi connectivity index (χ2v) is 5.82. The third kappa shape index (κ3) is 4.09. The van der Waals surface area contributed by atoms with Crippen molar-refractivity contribution in [2.75, 3.05) is 0 Å². The third-order valence-electron chi connectivity index (χ3n) is 4.31. The molecule has 0 saturated heterocycles. The largest absolute Gasteiger partial charge is 0.375 e. The molecule has 0 aromatic heterocycles. The quantitative estimate of drug-likeness (QED) is 0.743. The fraction of sp³-hybridized carbons (Fsp3) is 0.933. The van der Waals surface area contributed by atoms with E-state index in [9.17, 15) is 4.79 Å². The topological polar surface area (TPSA) is 26.3 Å². The van der Waals surface area contributed by atoms with Gasteiger partial charge in [-0.1, -0.05) is 19.8 Å². The lowest BCUT2D eigenvalue weighted by Gasteiger charge is -2.32. The van der Waals surface area contributed by atoms with E-state index in [4.69, 9.17) is 4.74 Å². The predicted molar refractivity (Wildman–Crippen MR) is 69.0 cm³/mol. The molecule has 0 bridgehead atoms. The first-order valence-corrected chi connectivity index (χ1v) is 7.45. The molecule has 2 saturated carbocycles. The van der Waals surface area contributed by atoms with Crippen LogP contribution in [0.4, 0.5) is 0 Å². The minimum absolute atomic E-state index is 0.240. The van der Waals surface area contributed by atoms with Crippen molar-refractivity contribution in [2.45, 2.75) is 83.3 Å². The summed E-state index contributed by atoms with van der Waals surface area (Å²) in [6, 6.07) is 0. The summed E-state index contributed by atoms with van der Waals surface area (Å²) in [6.07, 6.45) is 12.1. The van der Waals surface area contributed by atoms with E-state index in [1.54, 1.807) is 0 Å². The van der Waals surface area contributed by atoms with Crippen LogP contribution in [0.3, 0.4) is 0 Å². The van der Waals surface area contributed by atoms with E-state index in [1.165, 1.54) is 38.5 Å². The maximum atomic E-state index is 11.4. The Morgan fingerprint density at radius 1 is 1.12 bits per heavy atom. The highest BCUT2D eigenvalue weighted by molar-refractivity contribution is 5.79. The first-order chi connectivity index (χ1) is 8.28. The van der Waals surface area contributed by atoms with Gasteiger partial charge < -0.3 is 4.74 Å². The molecule has 0 heterocycles. The van der Waals surface area contributed by atoms with Crippen molar-refractivity contribution in [3.63, 3.8) is 0 Å². The summed E-state index contributed by atoms with van der Waals surface area (Å²) in [7, 11) is 0. The number of rotatable bonds is 4. The standard InChI is InChI=1S/C15H26O2/c1-2-4-12-7-9-14(10-8-12)17-15-6-3-5-13(16)11-15/h12,14-15H,2-11H2,1H3. The van der Waals surface area contributed by atoms with Crippen LogP contribution in [0.5, 0.6) is 0 Å². The van der Waals surface area contributed by atoms with Crippen LogP contribution in [0.2, 0.25) is 0 Å². The monoisotopic (exact) mass is 238 g/mol. The summed E-state index contributed by atoms with van der Waals surface area (Å²) in [4.78, 5) is 11.4. The molecule has 0 spiro atoms. The lowest BCUT2D eigenvalue weighted by Crippen LogP contribution is -2.30. The van der Waals surface area contributed by atoms with E-state index in [-0.39, 0.29) is 6.10 Å². The van der Waals surface area contributed by atoms with E-state index in [1.807, 2.05) is 0 Å². The Kier molecular flexibility index (Phi) is 5.02. The molecule has 2 fully saturated rings. The second kappa shape index (κ2) is 6.53. The van der Waals surface area contributed by atoms with Gasteiger partial charge in [-0.15, -0.1) is 0 Å². The smallest absolute Gasteiger partial charge is 0.135 e. The number of hydrogen-bond donors (Lipinski definition) is 0. The van der Waals surface area contributed by atoms with Gasteiger partial charge in [-0.3, -0.25) is 4.79 Å². The molecule has 0 aliphatic heterocycles.